The maximum Gasteiger partial charge on any atom is 0.303 e. The van der Waals surface area contributed by atoms with Crippen LogP contribution in [0, 0.1) is 5.41 Å². The minimum atomic E-state index is -0.935. The Balaban J connectivity index is 2.73. The van der Waals surface area contributed by atoms with E-state index in [-0.39, 0.29) is 31.3 Å². The number of carbonyl (C=O) groups excluding carboxylic acids is 2. The van der Waals surface area contributed by atoms with Crippen LogP contribution in [0.25, 0.3) is 0 Å². The van der Waals surface area contributed by atoms with Gasteiger partial charge in [-0.25, -0.2) is 0 Å². The van der Waals surface area contributed by atoms with Gasteiger partial charge in [-0.3, -0.25) is 14.4 Å². The third-order valence-electron chi connectivity index (χ3n) is 3.36. The molecule has 0 radical (unpaired) electrons. The Morgan fingerprint density at radius 1 is 1.33 bits per heavy atom. The Morgan fingerprint density at radius 3 is 2.57 bits per heavy atom. The second-order valence-electron chi connectivity index (χ2n) is 5.98. The lowest BCUT2D eigenvalue weighted by Crippen LogP contribution is -2.56. The molecule has 0 aromatic rings. The fraction of sp³-hybridized carbons (Fsp3) is 0.786. The molecular weight excluding hydrogens is 276 g/mol. The summed E-state index contributed by atoms with van der Waals surface area (Å²) in [5.74, 6) is -1.38. The number of ether oxygens (including phenoxy) is 1. The highest BCUT2D eigenvalue weighted by Crippen LogP contribution is 2.27. The van der Waals surface area contributed by atoms with Gasteiger partial charge in [0.05, 0.1) is 19.6 Å². The minimum absolute atomic E-state index is 0.0884. The summed E-state index contributed by atoms with van der Waals surface area (Å²) < 4.78 is 5.28. The zero-order valence-corrected chi connectivity index (χ0v) is 12.8. The molecule has 0 aliphatic carbocycles. The molecular formula is C14H24N2O5. The molecule has 1 aliphatic rings. The quantitative estimate of drug-likeness (QED) is 0.732. The zero-order valence-electron chi connectivity index (χ0n) is 12.8. The summed E-state index contributed by atoms with van der Waals surface area (Å²) in [5, 5.41) is 11.6. The van der Waals surface area contributed by atoms with E-state index >= 15 is 0 Å². The van der Waals surface area contributed by atoms with Crippen molar-refractivity contribution in [1.29, 1.82) is 0 Å². The van der Waals surface area contributed by atoms with Gasteiger partial charge in [0.2, 0.25) is 11.8 Å². The maximum atomic E-state index is 12.4. The van der Waals surface area contributed by atoms with Crippen LogP contribution in [0.3, 0.4) is 0 Å². The largest absolute Gasteiger partial charge is 0.481 e. The van der Waals surface area contributed by atoms with Crippen LogP contribution in [0.15, 0.2) is 0 Å². The third kappa shape index (κ3) is 5.34. The number of nitrogens with one attached hydrogen (secondary N) is 1. The van der Waals surface area contributed by atoms with Gasteiger partial charge in [0.1, 0.15) is 6.04 Å². The minimum Gasteiger partial charge on any atom is -0.481 e. The van der Waals surface area contributed by atoms with Crippen LogP contribution in [0.5, 0.6) is 0 Å². The van der Waals surface area contributed by atoms with Gasteiger partial charge in [-0.05, 0) is 12.3 Å². The Kier molecular flexibility index (Phi) is 6.14. The number of amides is 2. The van der Waals surface area contributed by atoms with Crippen molar-refractivity contribution >= 4 is 17.8 Å². The Labute approximate surface area is 124 Å². The van der Waals surface area contributed by atoms with Gasteiger partial charge >= 0.3 is 5.97 Å². The Hall–Kier alpha value is -1.63. The molecule has 1 unspecified atom stereocenters. The number of hydrogen-bond acceptors (Lipinski definition) is 4. The molecule has 7 heteroatoms. The molecule has 1 atom stereocenters. The molecule has 7 nitrogen and oxygen atoms in total. The number of rotatable bonds is 6. The summed E-state index contributed by atoms with van der Waals surface area (Å²) >= 11 is 0. The molecule has 0 saturated carbocycles. The van der Waals surface area contributed by atoms with E-state index in [1.54, 1.807) is 13.8 Å². The van der Waals surface area contributed by atoms with E-state index in [1.807, 2.05) is 6.92 Å². The highest BCUT2D eigenvalue weighted by atomic mass is 16.5. The second-order valence-corrected chi connectivity index (χ2v) is 5.98. The lowest BCUT2D eigenvalue weighted by atomic mass is 9.85. The monoisotopic (exact) mass is 300 g/mol. The van der Waals surface area contributed by atoms with E-state index in [1.165, 1.54) is 4.90 Å². The molecule has 1 aliphatic heterocycles. The van der Waals surface area contributed by atoms with E-state index in [4.69, 9.17) is 9.84 Å². The molecule has 1 fully saturated rings. The van der Waals surface area contributed by atoms with Crippen molar-refractivity contribution in [3.63, 3.8) is 0 Å². The van der Waals surface area contributed by atoms with Crippen LogP contribution < -0.4 is 5.32 Å². The molecule has 0 bridgehead atoms. The first-order valence-electron chi connectivity index (χ1n) is 7.13. The first-order valence-corrected chi connectivity index (χ1v) is 7.13. The number of carbonyl (C=O) groups is 3. The van der Waals surface area contributed by atoms with Crippen molar-refractivity contribution in [2.24, 2.45) is 5.41 Å². The molecule has 120 valence electrons. The van der Waals surface area contributed by atoms with Gasteiger partial charge in [-0.15, -0.1) is 0 Å². The molecule has 1 heterocycles. The maximum absolute atomic E-state index is 12.4. The predicted molar refractivity (Wildman–Crippen MR) is 75.7 cm³/mol. The van der Waals surface area contributed by atoms with Crippen molar-refractivity contribution in [2.45, 2.75) is 39.7 Å². The van der Waals surface area contributed by atoms with Crippen LogP contribution in [-0.2, 0) is 19.1 Å². The average Bonchev–Trinajstić information content (AvgIpc) is 2.36. The molecule has 2 amide bonds. The van der Waals surface area contributed by atoms with Gasteiger partial charge in [0.15, 0.2) is 0 Å². The average molecular weight is 300 g/mol. The van der Waals surface area contributed by atoms with Crippen LogP contribution in [0.2, 0.25) is 0 Å². The first-order chi connectivity index (χ1) is 9.76. The first kappa shape index (κ1) is 17.4. The number of carboxylic acid groups (broad SMARTS) is 1. The lowest BCUT2D eigenvalue weighted by molar-refractivity contribution is -0.151. The van der Waals surface area contributed by atoms with E-state index in [0.717, 1.165) is 0 Å². The molecule has 2 N–H and O–H groups in total. The summed E-state index contributed by atoms with van der Waals surface area (Å²) in [6.45, 7) is 6.69. The summed E-state index contributed by atoms with van der Waals surface area (Å²) in [4.78, 5) is 36.7. The highest BCUT2D eigenvalue weighted by molar-refractivity contribution is 5.88. The molecule has 1 saturated heterocycles. The lowest BCUT2D eigenvalue weighted by Gasteiger charge is -2.36. The van der Waals surface area contributed by atoms with Crippen LogP contribution in [0.1, 0.15) is 33.6 Å². The van der Waals surface area contributed by atoms with Gasteiger partial charge in [-0.2, -0.15) is 0 Å². The van der Waals surface area contributed by atoms with E-state index in [0.29, 0.717) is 19.7 Å². The van der Waals surface area contributed by atoms with Crippen molar-refractivity contribution in [3.05, 3.63) is 0 Å². The number of aliphatic carboxylic acids is 1. The molecule has 1 rings (SSSR count). The topological polar surface area (TPSA) is 95.9 Å². The fourth-order valence-electron chi connectivity index (χ4n) is 2.39. The SMILES string of the molecule is CCNC(=O)C1COCCN1C(=O)CC(C)(C)CC(=O)O. The van der Waals surface area contributed by atoms with Gasteiger partial charge < -0.3 is 20.1 Å². The van der Waals surface area contributed by atoms with Crippen LogP contribution in [0.4, 0.5) is 0 Å². The second kappa shape index (κ2) is 7.40. The van der Waals surface area contributed by atoms with Crippen LogP contribution >= 0.6 is 0 Å². The predicted octanol–water partition coefficient (Wildman–Crippen LogP) is 0.241. The number of nitrogens with zero attached hydrogens (tertiary/aromatic N) is 1. The smallest absolute Gasteiger partial charge is 0.303 e. The highest BCUT2D eigenvalue weighted by Gasteiger charge is 2.35. The summed E-state index contributed by atoms with van der Waals surface area (Å²) in [7, 11) is 0. The van der Waals surface area contributed by atoms with Gasteiger partial charge in [-0.1, -0.05) is 13.8 Å². The Morgan fingerprint density at radius 2 is 2.00 bits per heavy atom. The van der Waals surface area contributed by atoms with Crippen molar-refractivity contribution in [1.82, 2.24) is 10.2 Å². The molecule has 0 spiro atoms. The zero-order chi connectivity index (χ0) is 16.0. The third-order valence-corrected chi connectivity index (χ3v) is 3.36. The summed E-state index contributed by atoms with van der Waals surface area (Å²) in [6, 6.07) is -0.633. The molecule has 21 heavy (non-hydrogen) atoms. The fourth-order valence-corrected chi connectivity index (χ4v) is 2.39. The number of carboxylic acids is 1. The molecule has 0 aromatic heterocycles. The number of morpholine rings is 1. The van der Waals surface area contributed by atoms with E-state index < -0.39 is 17.4 Å². The standard InChI is InChI=1S/C14H24N2O5/c1-4-15-13(20)10-9-21-6-5-16(10)11(17)7-14(2,3)8-12(18)19/h10H,4-9H2,1-3H3,(H,15,20)(H,18,19). The number of likely N-dealkylation sites (N-methyl/N-ethyl adjacent to an activating group) is 1. The van der Waals surface area contributed by atoms with Gasteiger partial charge in [0, 0.05) is 19.5 Å². The van der Waals surface area contributed by atoms with E-state index in [2.05, 4.69) is 5.32 Å². The van der Waals surface area contributed by atoms with Gasteiger partial charge in [0.25, 0.3) is 0 Å². The Bertz CT molecular complexity index is 408. The number of hydrogen-bond donors (Lipinski definition) is 2. The van der Waals surface area contributed by atoms with Crippen molar-refractivity contribution in [2.75, 3.05) is 26.3 Å². The van der Waals surface area contributed by atoms with Crippen LogP contribution in [-0.4, -0.2) is 60.1 Å². The normalized spacial score (nSPS) is 19.2. The summed E-state index contributed by atoms with van der Waals surface area (Å²) in [5.41, 5.74) is -0.646. The summed E-state index contributed by atoms with van der Waals surface area (Å²) in [6.07, 6.45) is 0.00408. The van der Waals surface area contributed by atoms with Crippen molar-refractivity contribution < 1.29 is 24.2 Å². The molecule has 0 aromatic carbocycles. The van der Waals surface area contributed by atoms with E-state index in [9.17, 15) is 14.4 Å². The van der Waals surface area contributed by atoms with Crippen molar-refractivity contribution in [3.8, 4) is 0 Å².